The van der Waals surface area contributed by atoms with Crippen molar-refractivity contribution in [3.05, 3.63) is 21.1 Å². The van der Waals surface area contributed by atoms with Gasteiger partial charge in [0.2, 0.25) is 0 Å². The van der Waals surface area contributed by atoms with Crippen molar-refractivity contribution in [1.29, 1.82) is 0 Å². The molecule has 0 fully saturated rings. The molecule has 14 heavy (non-hydrogen) atoms. The summed E-state index contributed by atoms with van der Waals surface area (Å²) < 4.78 is 27.5. The maximum absolute atomic E-state index is 10.9. The van der Waals surface area contributed by atoms with E-state index in [1.807, 2.05) is 0 Å². The van der Waals surface area contributed by atoms with E-state index in [0.29, 0.717) is 14.6 Å². The summed E-state index contributed by atoms with van der Waals surface area (Å²) in [7, 11) is -3.54. The van der Waals surface area contributed by atoms with Crippen LogP contribution >= 0.6 is 31.9 Å². The lowest BCUT2D eigenvalue weighted by atomic mass is 10.3. The first kappa shape index (κ1) is 11.8. The van der Waals surface area contributed by atoms with E-state index < -0.39 is 10.1 Å². The third kappa shape index (κ3) is 3.14. The topological polar surface area (TPSA) is 69.4 Å². The number of hydrogen-bond acceptors (Lipinski definition) is 4. The Morgan fingerprint density at radius 3 is 2.07 bits per heavy atom. The number of halogens is 2. The number of nitrogen functional groups attached to an aromatic ring is 1. The molecular formula is C7H7Br2NO3S. The van der Waals surface area contributed by atoms with E-state index in [4.69, 9.17) is 9.92 Å². The van der Waals surface area contributed by atoms with Crippen molar-refractivity contribution in [1.82, 2.24) is 0 Å². The zero-order valence-corrected chi connectivity index (χ0v) is 11.1. The number of hydrogen-bond donors (Lipinski definition) is 1. The molecule has 0 saturated heterocycles. The molecule has 0 amide bonds. The van der Waals surface area contributed by atoms with Crippen LogP contribution in [0.2, 0.25) is 0 Å². The molecule has 7 heteroatoms. The molecule has 0 aliphatic heterocycles. The highest BCUT2D eigenvalue weighted by Gasteiger charge is 2.13. The van der Waals surface area contributed by atoms with Gasteiger partial charge < -0.3 is 9.92 Å². The molecule has 0 aliphatic rings. The average Bonchev–Trinajstić information content (AvgIpc) is 1.95. The third-order valence-electron chi connectivity index (χ3n) is 1.26. The zero-order chi connectivity index (χ0) is 10.9. The lowest BCUT2D eigenvalue weighted by Crippen LogP contribution is -2.07. The molecule has 1 aromatic carbocycles. The predicted octanol–water partition coefficient (Wildman–Crippen LogP) is 2.13. The molecular weight excluding hydrogens is 338 g/mol. The van der Waals surface area contributed by atoms with Crippen LogP contribution in [0.5, 0.6) is 5.75 Å². The molecule has 0 saturated carbocycles. The zero-order valence-electron chi connectivity index (χ0n) is 7.12. The van der Waals surface area contributed by atoms with Crippen molar-refractivity contribution in [2.24, 2.45) is 0 Å². The van der Waals surface area contributed by atoms with Gasteiger partial charge in [0.1, 0.15) is 0 Å². The Kier molecular flexibility index (Phi) is 3.44. The molecule has 1 aromatic rings. The van der Waals surface area contributed by atoms with Gasteiger partial charge in [-0.3, -0.25) is 0 Å². The summed E-state index contributed by atoms with van der Waals surface area (Å²) in [6, 6.07) is 3.12. The summed E-state index contributed by atoms with van der Waals surface area (Å²) in [5.74, 6) is 0.196. The van der Waals surface area contributed by atoms with Crippen LogP contribution in [0.4, 0.5) is 5.69 Å². The summed E-state index contributed by atoms with van der Waals surface area (Å²) in [5, 5.41) is 0. The van der Waals surface area contributed by atoms with E-state index >= 15 is 0 Å². The van der Waals surface area contributed by atoms with E-state index in [9.17, 15) is 8.42 Å². The van der Waals surface area contributed by atoms with Gasteiger partial charge in [0.15, 0.2) is 5.75 Å². The monoisotopic (exact) mass is 343 g/mol. The molecule has 1 rings (SSSR count). The quantitative estimate of drug-likeness (QED) is 0.659. The largest absolute Gasteiger partial charge is 0.399 e. The normalized spacial score (nSPS) is 11.4. The first-order chi connectivity index (χ1) is 6.29. The molecule has 0 aliphatic carbocycles. The minimum Gasteiger partial charge on any atom is -0.399 e. The fourth-order valence-electron chi connectivity index (χ4n) is 0.810. The molecule has 0 heterocycles. The summed E-state index contributed by atoms with van der Waals surface area (Å²) in [5.41, 5.74) is 6.03. The van der Waals surface area contributed by atoms with E-state index in [-0.39, 0.29) is 5.75 Å². The molecule has 0 unspecified atom stereocenters. The average molecular weight is 345 g/mol. The SMILES string of the molecule is CS(=O)(=O)Oc1c(Br)cc(N)cc1Br. The van der Waals surface area contributed by atoms with Crippen molar-refractivity contribution in [2.45, 2.75) is 0 Å². The Hall–Kier alpha value is -0.270. The maximum atomic E-state index is 10.9. The van der Waals surface area contributed by atoms with Gasteiger partial charge in [-0.15, -0.1) is 0 Å². The van der Waals surface area contributed by atoms with Gasteiger partial charge in [-0.2, -0.15) is 8.42 Å². The summed E-state index contributed by atoms with van der Waals surface area (Å²) >= 11 is 6.30. The van der Waals surface area contributed by atoms with E-state index in [1.165, 1.54) is 0 Å². The fourth-order valence-corrected chi connectivity index (χ4v) is 2.89. The van der Waals surface area contributed by atoms with Crippen LogP contribution in [0, 0.1) is 0 Å². The standard InChI is InChI=1S/C7H7Br2NO3S/c1-14(11,12)13-7-5(8)2-4(10)3-6(7)9/h2-3H,10H2,1H3. The summed E-state index contributed by atoms with van der Waals surface area (Å²) in [6.07, 6.45) is 0.974. The maximum Gasteiger partial charge on any atom is 0.306 e. The lowest BCUT2D eigenvalue weighted by Gasteiger charge is -2.08. The highest BCUT2D eigenvalue weighted by Crippen LogP contribution is 2.36. The Morgan fingerprint density at radius 1 is 1.29 bits per heavy atom. The van der Waals surface area contributed by atoms with Crippen LogP contribution < -0.4 is 9.92 Å². The number of rotatable bonds is 2. The summed E-state index contributed by atoms with van der Waals surface area (Å²) in [6.45, 7) is 0. The van der Waals surface area contributed by atoms with Gasteiger partial charge in [0, 0.05) is 5.69 Å². The van der Waals surface area contributed by atoms with Gasteiger partial charge in [-0.05, 0) is 44.0 Å². The smallest absolute Gasteiger partial charge is 0.306 e. The third-order valence-corrected chi connectivity index (χ3v) is 2.90. The number of benzene rings is 1. The van der Waals surface area contributed by atoms with Crippen LogP contribution in [-0.4, -0.2) is 14.7 Å². The summed E-state index contributed by atoms with van der Waals surface area (Å²) in [4.78, 5) is 0. The van der Waals surface area contributed by atoms with Crippen molar-refractivity contribution in [3.63, 3.8) is 0 Å². The number of nitrogens with two attached hydrogens (primary N) is 1. The van der Waals surface area contributed by atoms with Crippen molar-refractivity contribution >= 4 is 47.7 Å². The van der Waals surface area contributed by atoms with Crippen molar-refractivity contribution in [2.75, 3.05) is 12.0 Å². The minimum absolute atomic E-state index is 0.196. The van der Waals surface area contributed by atoms with Gasteiger partial charge in [-0.25, -0.2) is 0 Å². The van der Waals surface area contributed by atoms with E-state index in [0.717, 1.165) is 6.26 Å². The number of anilines is 1. The fraction of sp³-hybridized carbons (Fsp3) is 0.143. The van der Waals surface area contributed by atoms with E-state index in [2.05, 4.69) is 31.9 Å². The first-order valence-electron chi connectivity index (χ1n) is 3.43. The van der Waals surface area contributed by atoms with Gasteiger partial charge in [0.25, 0.3) is 0 Å². The molecule has 0 bridgehead atoms. The van der Waals surface area contributed by atoms with E-state index in [1.54, 1.807) is 12.1 Å². The van der Waals surface area contributed by atoms with Gasteiger partial charge >= 0.3 is 10.1 Å². The van der Waals surface area contributed by atoms with Crippen LogP contribution in [0.1, 0.15) is 0 Å². The molecule has 0 spiro atoms. The van der Waals surface area contributed by atoms with Crippen LogP contribution in [0.15, 0.2) is 21.1 Å². The Balaban J connectivity index is 3.22. The highest BCUT2D eigenvalue weighted by molar-refractivity contribution is 9.11. The Morgan fingerprint density at radius 2 is 1.71 bits per heavy atom. The van der Waals surface area contributed by atoms with Gasteiger partial charge in [0.05, 0.1) is 15.2 Å². The van der Waals surface area contributed by atoms with Crippen LogP contribution in [0.3, 0.4) is 0 Å². The molecule has 0 atom stereocenters. The lowest BCUT2D eigenvalue weighted by molar-refractivity contribution is 0.490. The van der Waals surface area contributed by atoms with Crippen LogP contribution in [0.25, 0.3) is 0 Å². The second kappa shape index (κ2) is 4.08. The van der Waals surface area contributed by atoms with Crippen molar-refractivity contribution in [3.8, 4) is 5.75 Å². The minimum atomic E-state index is -3.54. The Labute approximate surface area is 98.8 Å². The molecule has 0 radical (unpaired) electrons. The second-order valence-corrected chi connectivity index (χ2v) is 5.88. The highest BCUT2D eigenvalue weighted by atomic mass is 79.9. The molecule has 0 aromatic heterocycles. The van der Waals surface area contributed by atoms with Gasteiger partial charge in [-0.1, -0.05) is 0 Å². The van der Waals surface area contributed by atoms with Crippen LogP contribution in [-0.2, 0) is 10.1 Å². The van der Waals surface area contributed by atoms with Crippen molar-refractivity contribution < 1.29 is 12.6 Å². The molecule has 78 valence electrons. The molecule has 4 nitrogen and oxygen atoms in total. The Bertz CT molecular complexity index is 435. The first-order valence-corrected chi connectivity index (χ1v) is 6.84. The molecule has 2 N–H and O–H groups in total. The predicted molar refractivity (Wildman–Crippen MR) is 61.7 cm³/mol. The second-order valence-electron chi connectivity index (χ2n) is 2.60.